The van der Waals surface area contributed by atoms with Gasteiger partial charge in [0.2, 0.25) is 0 Å². The van der Waals surface area contributed by atoms with E-state index in [1.54, 1.807) is 25.7 Å². The summed E-state index contributed by atoms with van der Waals surface area (Å²) in [5.74, 6) is 1.42. The number of hydrogen-bond acceptors (Lipinski definition) is 4. The number of aryl methyl sites for hydroxylation is 2. The number of nitrogens with one attached hydrogen (secondary N) is 1. The third-order valence-corrected chi connectivity index (χ3v) is 4.04. The van der Waals surface area contributed by atoms with E-state index in [1.165, 1.54) is 10.2 Å². The summed E-state index contributed by atoms with van der Waals surface area (Å²) in [4.78, 5) is 20.6. The van der Waals surface area contributed by atoms with E-state index in [2.05, 4.69) is 27.2 Å². The van der Waals surface area contributed by atoms with Crippen LogP contribution in [0.25, 0.3) is 11.0 Å². The Kier molecular flexibility index (Phi) is 3.31. The van der Waals surface area contributed by atoms with Crippen LogP contribution >= 0.6 is 11.8 Å². The van der Waals surface area contributed by atoms with Gasteiger partial charge in [0.25, 0.3) is 5.56 Å². The average Bonchev–Trinajstić information content (AvgIpc) is 2.74. The van der Waals surface area contributed by atoms with E-state index in [-0.39, 0.29) is 5.56 Å². The van der Waals surface area contributed by atoms with Gasteiger partial charge in [-0.1, -0.05) is 42.1 Å². The summed E-state index contributed by atoms with van der Waals surface area (Å²) in [5.41, 5.74) is 2.27. The van der Waals surface area contributed by atoms with Crippen LogP contribution in [-0.2, 0) is 12.8 Å². The summed E-state index contributed by atoms with van der Waals surface area (Å²) in [6.07, 6.45) is 0. The molecule has 3 aromatic rings. The number of rotatable bonds is 3. The molecule has 5 nitrogen and oxygen atoms in total. The van der Waals surface area contributed by atoms with Crippen molar-refractivity contribution in [1.82, 2.24) is 19.7 Å². The van der Waals surface area contributed by atoms with Gasteiger partial charge in [-0.25, -0.2) is 9.97 Å². The summed E-state index contributed by atoms with van der Waals surface area (Å²) in [6.45, 7) is 1.80. The lowest BCUT2D eigenvalue weighted by molar-refractivity contribution is 0.748. The molecule has 0 unspecified atom stereocenters. The molecule has 0 aliphatic rings. The zero-order valence-electron chi connectivity index (χ0n) is 11.3. The van der Waals surface area contributed by atoms with Crippen LogP contribution in [0.1, 0.15) is 11.4 Å². The topological polar surface area (TPSA) is 63.6 Å². The molecular formula is C14H14N4OS. The fourth-order valence-corrected chi connectivity index (χ4v) is 2.99. The van der Waals surface area contributed by atoms with Crippen LogP contribution in [0.5, 0.6) is 0 Å². The van der Waals surface area contributed by atoms with Crippen LogP contribution in [0.4, 0.5) is 0 Å². The molecule has 0 aliphatic heterocycles. The summed E-state index contributed by atoms with van der Waals surface area (Å²) in [7, 11) is 1.69. The molecule has 2 heterocycles. The fourth-order valence-electron chi connectivity index (χ4n) is 2.01. The lowest BCUT2D eigenvalue weighted by Crippen LogP contribution is -2.12. The van der Waals surface area contributed by atoms with Gasteiger partial charge in [-0.15, -0.1) is 0 Å². The molecule has 0 aliphatic carbocycles. The fraction of sp³-hybridized carbons (Fsp3) is 0.214. The SMILES string of the molecule is Cc1nc(SCc2ccccc2)c2[nH]n(C)c(=O)c2n1. The van der Waals surface area contributed by atoms with Crippen molar-refractivity contribution in [3.63, 3.8) is 0 Å². The first-order chi connectivity index (χ1) is 9.65. The highest BCUT2D eigenvalue weighted by Gasteiger charge is 2.13. The number of aromatic amines is 1. The van der Waals surface area contributed by atoms with Crippen LogP contribution in [0.15, 0.2) is 40.2 Å². The predicted molar refractivity (Wildman–Crippen MR) is 79.9 cm³/mol. The summed E-state index contributed by atoms with van der Waals surface area (Å²) in [5, 5.41) is 3.83. The van der Waals surface area contributed by atoms with E-state index in [9.17, 15) is 4.79 Å². The zero-order chi connectivity index (χ0) is 14.1. The van der Waals surface area contributed by atoms with Gasteiger partial charge in [-0.2, -0.15) is 0 Å². The third kappa shape index (κ3) is 2.34. The minimum Gasteiger partial charge on any atom is -0.291 e. The third-order valence-electron chi connectivity index (χ3n) is 2.99. The molecule has 102 valence electrons. The Hall–Kier alpha value is -2.08. The smallest absolute Gasteiger partial charge is 0.291 e. The number of thioether (sulfide) groups is 1. The summed E-state index contributed by atoms with van der Waals surface area (Å²) >= 11 is 1.60. The van der Waals surface area contributed by atoms with Crippen LogP contribution in [0, 0.1) is 6.92 Å². The number of H-pyrrole nitrogens is 1. The molecule has 6 heteroatoms. The van der Waals surface area contributed by atoms with Crippen molar-refractivity contribution >= 4 is 22.8 Å². The van der Waals surface area contributed by atoms with Gasteiger partial charge in [0.1, 0.15) is 16.4 Å². The molecule has 0 bridgehead atoms. The molecule has 1 aromatic carbocycles. The first-order valence-electron chi connectivity index (χ1n) is 6.25. The Balaban J connectivity index is 1.99. The van der Waals surface area contributed by atoms with Crippen molar-refractivity contribution in [2.45, 2.75) is 17.7 Å². The first kappa shape index (κ1) is 12.9. The van der Waals surface area contributed by atoms with E-state index in [0.29, 0.717) is 16.9 Å². The summed E-state index contributed by atoms with van der Waals surface area (Å²) < 4.78 is 1.44. The van der Waals surface area contributed by atoms with Gasteiger partial charge in [0.15, 0.2) is 5.52 Å². The second kappa shape index (κ2) is 5.13. The molecule has 0 fully saturated rings. The standard InChI is InChI=1S/C14H14N4OS/c1-9-15-12-11(17-18(2)14(12)19)13(16-9)20-8-10-6-4-3-5-7-10/h3-7,17H,8H2,1-2H3. The highest BCUT2D eigenvalue weighted by atomic mass is 32.2. The molecule has 2 aromatic heterocycles. The second-order valence-corrected chi connectivity index (χ2v) is 5.51. The van der Waals surface area contributed by atoms with Gasteiger partial charge < -0.3 is 0 Å². The maximum Gasteiger partial charge on any atom is 0.292 e. The Labute approximate surface area is 120 Å². The quantitative estimate of drug-likeness (QED) is 0.592. The molecule has 0 spiro atoms. The highest BCUT2D eigenvalue weighted by molar-refractivity contribution is 7.98. The Morgan fingerprint density at radius 3 is 2.75 bits per heavy atom. The van der Waals surface area contributed by atoms with Crippen LogP contribution < -0.4 is 5.56 Å². The van der Waals surface area contributed by atoms with Crippen molar-refractivity contribution in [3.8, 4) is 0 Å². The molecule has 0 atom stereocenters. The molecule has 0 saturated carbocycles. The Bertz CT molecular complexity index is 807. The van der Waals surface area contributed by atoms with Gasteiger partial charge in [-0.05, 0) is 12.5 Å². The van der Waals surface area contributed by atoms with Crippen molar-refractivity contribution in [2.75, 3.05) is 0 Å². The molecule has 0 amide bonds. The first-order valence-corrected chi connectivity index (χ1v) is 7.24. The van der Waals surface area contributed by atoms with E-state index >= 15 is 0 Å². The van der Waals surface area contributed by atoms with Crippen molar-refractivity contribution in [3.05, 3.63) is 52.1 Å². The van der Waals surface area contributed by atoms with Gasteiger partial charge in [-0.3, -0.25) is 14.6 Å². The van der Waals surface area contributed by atoms with Gasteiger partial charge in [0, 0.05) is 12.8 Å². The maximum atomic E-state index is 11.9. The van der Waals surface area contributed by atoms with Crippen LogP contribution in [-0.4, -0.2) is 19.7 Å². The number of benzene rings is 1. The Morgan fingerprint density at radius 2 is 2.00 bits per heavy atom. The summed E-state index contributed by atoms with van der Waals surface area (Å²) in [6, 6.07) is 10.2. The maximum absolute atomic E-state index is 11.9. The predicted octanol–water partition coefficient (Wildman–Crippen LogP) is 2.26. The molecular weight excluding hydrogens is 272 g/mol. The molecule has 3 rings (SSSR count). The largest absolute Gasteiger partial charge is 0.292 e. The molecule has 1 N–H and O–H groups in total. The number of fused-ring (bicyclic) bond motifs is 1. The van der Waals surface area contributed by atoms with Gasteiger partial charge >= 0.3 is 0 Å². The van der Waals surface area contributed by atoms with Crippen molar-refractivity contribution < 1.29 is 0 Å². The lowest BCUT2D eigenvalue weighted by atomic mass is 10.2. The van der Waals surface area contributed by atoms with E-state index in [1.807, 2.05) is 18.2 Å². The van der Waals surface area contributed by atoms with Crippen molar-refractivity contribution in [2.24, 2.45) is 7.05 Å². The molecule has 0 radical (unpaired) electrons. The number of aromatic nitrogens is 4. The molecule has 0 saturated heterocycles. The molecule has 20 heavy (non-hydrogen) atoms. The van der Waals surface area contributed by atoms with Crippen molar-refractivity contribution in [1.29, 1.82) is 0 Å². The van der Waals surface area contributed by atoms with E-state index in [0.717, 1.165) is 10.8 Å². The van der Waals surface area contributed by atoms with Crippen LogP contribution in [0.2, 0.25) is 0 Å². The normalized spacial score (nSPS) is 11.1. The number of hydrogen-bond donors (Lipinski definition) is 1. The van der Waals surface area contributed by atoms with E-state index in [4.69, 9.17) is 0 Å². The average molecular weight is 286 g/mol. The minimum absolute atomic E-state index is 0.118. The minimum atomic E-state index is -0.118. The second-order valence-electron chi connectivity index (χ2n) is 4.55. The zero-order valence-corrected chi connectivity index (χ0v) is 12.1. The number of nitrogens with zero attached hydrogens (tertiary/aromatic N) is 3. The van der Waals surface area contributed by atoms with Gasteiger partial charge in [0.05, 0.1) is 0 Å². The monoisotopic (exact) mass is 286 g/mol. The highest BCUT2D eigenvalue weighted by Crippen LogP contribution is 2.25. The Morgan fingerprint density at radius 1 is 1.25 bits per heavy atom. The van der Waals surface area contributed by atoms with E-state index < -0.39 is 0 Å². The van der Waals surface area contributed by atoms with Crippen LogP contribution in [0.3, 0.4) is 0 Å². The lowest BCUT2D eigenvalue weighted by Gasteiger charge is -2.03.